The summed E-state index contributed by atoms with van der Waals surface area (Å²) in [6, 6.07) is 0.719. The number of nitrogens with zero attached hydrogens (tertiary/aromatic N) is 1. The highest BCUT2D eigenvalue weighted by atomic mass is 16.5. The average molecular weight is 240 g/mol. The predicted octanol–water partition coefficient (Wildman–Crippen LogP) is 1.88. The van der Waals surface area contributed by atoms with E-state index >= 15 is 0 Å². The first kappa shape index (κ1) is 13.3. The lowest BCUT2D eigenvalue weighted by Gasteiger charge is -2.35. The molecule has 2 rings (SSSR count). The molecule has 100 valence electrons. The van der Waals surface area contributed by atoms with E-state index in [1.54, 1.807) is 0 Å². The maximum absolute atomic E-state index is 5.79. The third-order valence-electron chi connectivity index (χ3n) is 4.22. The Kier molecular flexibility index (Phi) is 5.26. The fourth-order valence-electron chi connectivity index (χ4n) is 3.29. The summed E-state index contributed by atoms with van der Waals surface area (Å²) in [5.41, 5.74) is 0. The van der Waals surface area contributed by atoms with E-state index in [2.05, 4.69) is 24.1 Å². The van der Waals surface area contributed by atoms with Crippen LogP contribution in [0.2, 0.25) is 0 Å². The molecule has 0 aliphatic carbocycles. The van der Waals surface area contributed by atoms with Crippen molar-refractivity contribution in [3.05, 3.63) is 0 Å². The third kappa shape index (κ3) is 3.67. The largest absolute Gasteiger partial charge is 0.378 e. The van der Waals surface area contributed by atoms with Crippen LogP contribution >= 0.6 is 0 Å². The van der Waals surface area contributed by atoms with E-state index in [1.165, 1.54) is 45.3 Å². The molecule has 0 amide bonds. The fourth-order valence-corrected chi connectivity index (χ4v) is 3.29. The Labute approximate surface area is 106 Å². The molecule has 2 aliphatic heterocycles. The molecule has 2 fully saturated rings. The second-order valence-corrected chi connectivity index (χ2v) is 5.57. The van der Waals surface area contributed by atoms with Crippen molar-refractivity contribution in [3.8, 4) is 0 Å². The molecule has 3 nitrogen and oxygen atoms in total. The van der Waals surface area contributed by atoms with Gasteiger partial charge in [-0.05, 0) is 25.2 Å². The highest BCUT2D eigenvalue weighted by Crippen LogP contribution is 2.24. The van der Waals surface area contributed by atoms with Gasteiger partial charge >= 0.3 is 0 Å². The van der Waals surface area contributed by atoms with Crippen LogP contribution in [0.1, 0.15) is 39.5 Å². The molecule has 0 bridgehead atoms. The normalized spacial score (nSPS) is 35.3. The molecule has 0 aromatic carbocycles. The van der Waals surface area contributed by atoms with Gasteiger partial charge in [-0.15, -0.1) is 0 Å². The van der Waals surface area contributed by atoms with Crippen LogP contribution in [0.3, 0.4) is 0 Å². The first-order valence-corrected chi connectivity index (χ1v) is 7.40. The third-order valence-corrected chi connectivity index (χ3v) is 4.22. The average Bonchev–Trinajstić information content (AvgIpc) is 2.77. The molecule has 0 spiro atoms. The molecular weight excluding hydrogens is 212 g/mol. The Morgan fingerprint density at radius 2 is 2.24 bits per heavy atom. The molecule has 17 heavy (non-hydrogen) atoms. The number of piperazine rings is 1. The summed E-state index contributed by atoms with van der Waals surface area (Å²) in [5.74, 6) is 0.778. The van der Waals surface area contributed by atoms with Crippen LogP contribution in [-0.2, 0) is 4.74 Å². The van der Waals surface area contributed by atoms with Crippen molar-refractivity contribution in [2.75, 3.05) is 32.8 Å². The van der Waals surface area contributed by atoms with Gasteiger partial charge in [0.1, 0.15) is 0 Å². The van der Waals surface area contributed by atoms with Gasteiger partial charge < -0.3 is 15.0 Å². The molecular formula is C14H28N2O. The van der Waals surface area contributed by atoms with Crippen LogP contribution in [0.15, 0.2) is 0 Å². The lowest BCUT2D eigenvalue weighted by Crippen LogP contribution is -2.52. The molecule has 0 aromatic heterocycles. The van der Waals surface area contributed by atoms with E-state index in [0.29, 0.717) is 6.10 Å². The molecule has 0 radical (unpaired) electrons. The summed E-state index contributed by atoms with van der Waals surface area (Å²) in [7, 11) is 0. The maximum atomic E-state index is 5.79. The quantitative estimate of drug-likeness (QED) is 0.794. The summed E-state index contributed by atoms with van der Waals surface area (Å²) in [6.07, 6.45) is 5.56. The zero-order valence-corrected chi connectivity index (χ0v) is 11.5. The lowest BCUT2D eigenvalue weighted by molar-refractivity contribution is 0.0701. The number of ether oxygens (including phenoxy) is 1. The summed E-state index contributed by atoms with van der Waals surface area (Å²) in [6.45, 7) is 10.4. The van der Waals surface area contributed by atoms with Crippen molar-refractivity contribution < 1.29 is 4.74 Å². The fraction of sp³-hybridized carbons (Fsp3) is 1.00. The molecule has 2 heterocycles. The first-order chi connectivity index (χ1) is 8.33. The summed E-state index contributed by atoms with van der Waals surface area (Å²) >= 11 is 0. The van der Waals surface area contributed by atoms with Gasteiger partial charge in [0.25, 0.3) is 0 Å². The number of rotatable bonds is 5. The summed E-state index contributed by atoms with van der Waals surface area (Å²) in [5, 5.41) is 3.63. The van der Waals surface area contributed by atoms with Crippen LogP contribution in [0.25, 0.3) is 0 Å². The van der Waals surface area contributed by atoms with Crippen molar-refractivity contribution in [2.24, 2.45) is 5.92 Å². The minimum atomic E-state index is 0.523. The Morgan fingerprint density at radius 3 is 3.00 bits per heavy atom. The van der Waals surface area contributed by atoms with E-state index in [9.17, 15) is 0 Å². The monoisotopic (exact) mass is 240 g/mol. The molecule has 3 atom stereocenters. The predicted molar refractivity (Wildman–Crippen MR) is 71.3 cm³/mol. The summed E-state index contributed by atoms with van der Waals surface area (Å²) in [4.78, 5) is 2.65. The number of nitrogens with one attached hydrogen (secondary N) is 1. The van der Waals surface area contributed by atoms with Gasteiger partial charge in [0, 0.05) is 38.8 Å². The van der Waals surface area contributed by atoms with Crippen molar-refractivity contribution in [1.82, 2.24) is 10.2 Å². The van der Waals surface area contributed by atoms with Gasteiger partial charge in [-0.25, -0.2) is 0 Å². The number of hydrogen-bond donors (Lipinski definition) is 1. The van der Waals surface area contributed by atoms with Crippen molar-refractivity contribution in [3.63, 3.8) is 0 Å². The van der Waals surface area contributed by atoms with Gasteiger partial charge in [0.15, 0.2) is 0 Å². The number of hydrogen-bond acceptors (Lipinski definition) is 3. The highest BCUT2D eigenvalue weighted by Gasteiger charge is 2.29. The van der Waals surface area contributed by atoms with Crippen LogP contribution in [0, 0.1) is 5.92 Å². The molecule has 0 aromatic rings. The van der Waals surface area contributed by atoms with Gasteiger partial charge in [0.05, 0.1) is 6.10 Å². The zero-order valence-electron chi connectivity index (χ0n) is 11.5. The maximum Gasteiger partial charge on any atom is 0.0613 e. The topological polar surface area (TPSA) is 24.5 Å². The standard InChI is InChI=1S/C14H28N2O/c1-3-5-13-11-16(8-7-15-13)10-12-6-9-17-14(12)4-2/h12-15H,3-11H2,1-2H3. The van der Waals surface area contributed by atoms with E-state index in [-0.39, 0.29) is 0 Å². The van der Waals surface area contributed by atoms with Crippen LogP contribution in [0.5, 0.6) is 0 Å². The second-order valence-electron chi connectivity index (χ2n) is 5.57. The van der Waals surface area contributed by atoms with Gasteiger partial charge in [-0.1, -0.05) is 20.3 Å². The van der Waals surface area contributed by atoms with E-state index in [0.717, 1.165) is 25.1 Å². The molecule has 2 aliphatic rings. The highest BCUT2D eigenvalue weighted by molar-refractivity contribution is 4.83. The Hall–Kier alpha value is -0.120. The molecule has 3 heteroatoms. The van der Waals surface area contributed by atoms with E-state index < -0.39 is 0 Å². The van der Waals surface area contributed by atoms with Crippen LogP contribution in [-0.4, -0.2) is 49.8 Å². The summed E-state index contributed by atoms with van der Waals surface area (Å²) < 4.78 is 5.79. The first-order valence-electron chi connectivity index (χ1n) is 7.40. The molecule has 3 unspecified atom stereocenters. The van der Waals surface area contributed by atoms with Crippen molar-refractivity contribution in [2.45, 2.75) is 51.7 Å². The Bertz CT molecular complexity index is 220. The van der Waals surface area contributed by atoms with Gasteiger partial charge in [-0.3, -0.25) is 0 Å². The van der Waals surface area contributed by atoms with Crippen molar-refractivity contribution >= 4 is 0 Å². The second kappa shape index (κ2) is 6.72. The Morgan fingerprint density at radius 1 is 1.35 bits per heavy atom. The van der Waals surface area contributed by atoms with Crippen LogP contribution < -0.4 is 5.32 Å². The zero-order chi connectivity index (χ0) is 12.1. The minimum Gasteiger partial charge on any atom is -0.378 e. The van der Waals surface area contributed by atoms with E-state index in [1.807, 2.05) is 0 Å². The van der Waals surface area contributed by atoms with E-state index in [4.69, 9.17) is 4.74 Å². The lowest BCUT2D eigenvalue weighted by atomic mass is 9.98. The van der Waals surface area contributed by atoms with Gasteiger partial charge in [0.2, 0.25) is 0 Å². The smallest absolute Gasteiger partial charge is 0.0613 e. The van der Waals surface area contributed by atoms with Crippen LogP contribution in [0.4, 0.5) is 0 Å². The minimum absolute atomic E-state index is 0.523. The molecule has 1 N–H and O–H groups in total. The van der Waals surface area contributed by atoms with Crippen molar-refractivity contribution in [1.29, 1.82) is 0 Å². The SMILES string of the molecule is CCCC1CN(CC2CCOC2CC)CCN1. The molecule has 2 saturated heterocycles. The van der Waals surface area contributed by atoms with Gasteiger partial charge in [-0.2, -0.15) is 0 Å². The Balaban J connectivity index is 1.77. The molecule has 0 saturated carbocycles.